The summed E-state index contributed by atoms with van der Waals surface area (Å²) < 4.78 is 28.8. The molecule has 6 nitrogen and oxygen atoms in total. The molecular weight excluding hydrogens is 456 g/mol. The molecule has 0 bridgehead atoms. The van der Waals surface area contributed by atoms with Crippen LogP contribution in [0.5, 0.6) is 0 Å². The number of hydrogen-bond donors (Lipinski definition) is 1. The molecule has 2 heterocycles. The van der Waals surface area contributed by atoms with Crippen molar-refractivity contribution in [3.05, 3.63) is 76.9 Å². The minimum atomic E-state index is -1.57. The smallest absolute Gasteiger partial charge is 0.245 e. The predicted molar refractivity (Wildman–Crippen MR) is 129 cm³/mol. The van der Waals surface area contributed by atoms with Crippen LogP contribution in [0.2, 0.25) is 0 Å². The van der Waals surface area contributed by atoms with Gasteiger partial charge in [-0.15, -0.1) is 0 Å². The van der Waals surface area contributed by atoms with Crippen LogP contribution in [0.25, 0.3) is 0 Å². The Bertz CT molecular complexity index is 1260. The summed E-state index contributed by atoms with van der Waals surface area (Å²) in [5, 5.41) is 8.97. The van der Waals surface area contributed by atoms with Crippen molar-refractivity contribution in [3.8, 4) is 17.9 Å². The molecule has 0 radical (unpaired) electrons. The van der Waals surface area contributed by atoms with E-state index in [4.69, 9.17) is 11.0 Å². The predicted octanol–water partition coefficient (Wildman–Crippen LogP) is 3.51. The van der Waals surface area contributed by atoms with Gasteiger partial charge in [0.25, 0.3) is 0 Å². The highest BCUT2D eigenvalue weighted by atomic mass is 32.2. The molecule has 2 aromatic rings. The highest BCUT2D eigenvalue weighted by Gasteiger charge is 2.45. The molecule has 0 unspecified atom stereocenters. The van der Waals surface area contributed by atoms with Gasteiger partial charge < -0.3 is 10.6 Å². The van der Waals surface area contributed by atoms with E-state index in [0.717, 1.165) is 0 Å². The normalized spacial score (nSPS) is 21.8. The number of rotatable bonds is 4. The van der Waals surface area contributed by atoms with E-state index in [0.29, 0.717) is 16.8 Å². The van der Waals surface area contributed by atoms with Gasteiger partial charge in [0.2, 0.25) is 5.91 Å². The molecule has 0 aliphatic carbocycles. The number of carbonyl (C=O) groups excluding carboxylic acids is 1. The van der Waals surface area contributed by atoms with Gasteiger partial charge in [-0.05, 0) is 49.6 Å². The van der Waals surface area contributed by atoms with Gasteiger partial charge in [-0.1, -0.05) is 23.8 Å². The first-order valence-electron chi connectivity index (χ1n) is 10.3. The lowest BCUT2D eigenvalue weighted by molar-refractivity contribution is -0.123. The van der Waals surface area contributed by atoms with Gasteiger partial charge >= 0.3 is 0 Å². The van der Waals surface area contributed by atoms with Crippen LogP contribution in [0.15, 0.2) is 53.7 Å². The third-order valence-electron chi connectivity index (χ3n) is 5.24. The lowest BCUT2D eigenvalue weighted by Gasteiger charge is -2.40. The Morgan fingerprint density at radius 1 is 1.29 bits per heavy atom. The maximum absolute atomic E-state index is 15.0. The van der Waals surface area contributed by atoms with E-state index < -0.39 is 22.8 Å². The Morgan fingerprint density at radius 3 is 2.65 bits per heavy atom. The van der Waals surface area contributed by atoms with Crippen LogP contribution < -0.4 is 5.73 Å². The Kier molecular flexibility index (Phi) is 7.38. The second-order valence-electron chi connectivity index (χ2n) is 8.26. The third kappa shape index (κ3) is 5.62. The van der Waals surface area contributed by atoms with Gasteiger partial charge in [0.1, 0.15) is 29.8 Å². The quantitative estimate of drug-likeness (QED) is 0.535. The lowest BCUT2D eigenvalue weighted by atomic mass is 9.81. The Hall–Kier alpha value is -3.69. The van der Waals surface area contributed by atoms with Gasteiger partial charge in [0.15, 0.2) is 5.17 Å². The van der Waals surface area contributed by atoms with Crippen molar-refractivity contribution in [1.82, 2.24) is 9.88 Å². The van der Waals surface area contributed by atoms with Gasteiger partial charge in [-0.25, -0.2) is 18.8 Å². The van der Waals surface area contributed by atoms with Crippen LogP contribution in [-0.2, 0) is 10.3 Å². The number of aromatic nitrogens is 1. The van der Waals surface area contributed by atoms with E-state index in [-0.39, 0.29) is 23.1 Å². The first kappa shape index (κ1) is 24.9. The molecule has 174 valence electrons. The zero-order valence-corrected chi connectivity index (χ0v) is 19.8. The number of hydrogen-bond acceptors (Lipinski definition) is 6. The van der Waals surface area contributed by atoms with E-state index in [1.165, 1.54) is 47.1 Å². The molecule has 1 aliphatic heterocycles. The van der Waals surface area contributed by atoms with E-state index in [1.807, 2.05) is 6.07 Å². The molecular formula is C25H23F2N5OS. The third-order valence-corrected chi connectivity index (χ3v) is 6.29. The number of likely N-dealkylation sites (N-methyl/N-ethyl adjacent to an activating group) is 1. The number of pyridine rings is 1. The monoisotopic (exact) mass is 479 g/mol. The molecule has 1 aliphatic rings. The first-order chi connectivity index (χ1) is 16.1. The fourth-order valence-corrected chi connectivity index (χ4v) is 4.70. The van der Waals surface area contributed by atoms with Crippen LogP contribution in [0.4, 0.5) is 8.78 Å². The summed E-state index contributed by atoms with van der Waals surface area (Å²) in [6.07, 6.45) is 4.55. The minimum absolute atomic E-state index is 0.0383. The molecule has 1 aromatic heterocycles. The van der Waals surface area contributed by atoms with Crippen molar-refractivity contribution in [2.75, 3.05) is 20.8 Å². The number of thioether (sulfide) groups is 1. The number of nitrogens with zero attached hydrogens (tertiary/aromatic N) is 4. The average molecular weight is 480 g/mol. The Balaban J connectivity index is 1.99. The van der Waals surface area contributed by atoms with Crippen LogP contribution in [-0.4, -0.2) is 46.5 Å². The van der Waals surface area contributed by atoms with Crippen molar-refractivity contribution in [1.29, 1.82) is 5.26 Å². The molecule has 0 spiro atoms. The van der Waals surface area contributed by atoms with Crippen LogP contribution in [0.3, 0.4) is 0 Å². The molecule has 1 aromatic carbocycles. The molecule has 34 heavy (non-hydrogen) atoms. The van der Waals surface area contributed by atoms with Crippen molar-refractivity contribution in [2.45, 2.75) is 23.6 Å². The summed E-state index contributed by atoms with van der Waals surface area (Å²) >= 11 is 1.20. The van der Waals surface area contributed by atoms with Crippen molar-refractivity contribution >= 4 is 22.8 Å². The molecule has 2 N–H and O–H groups in total. The van der Waals surface area contributed by atoms with Gasteiger partial charge in [0, 0.05) is 42.2 Å². The lowest BCUT2D eigenvalue weighted by Crippen LogP contribution is -2.43. The number of nitriles is 1. The average Bonchev–Trinajstić information content (AvgIpc) is 2.81. The van der Waals surface area contributed by atoms with Crippen LogP contribution >= 0.6 is 11.8 Å². The van der Waals surface area contributed by atoms with Crippen molar-refractivity contribution in [3.63, 3.8) is 0 Å². The largest absolute Gasteiger partial charge is 0.378 e. The summed E-state index contributed by atoms with van der Waals surface area (Å²) in [5.74, 6) is 4.90. The number of halogens is 2. The van der Waals surface area contributed by atoms with E-state index in [9.17, 15) is 13.6 Å². The number of amidine groups is 1. The number of aliphatic imine (C=N–C) groups is 1. The van der Waals surface area contributed by atoms with Crippen LogP contribution in [0.1, 0.15) is 35.7 Å². The maximum atomic E-state index is 15.0. The zero-order valence-electron chi connectivity index (χ0n) is 19.0. The van der Waals surface area contributed by atoms with Gasteiger partial charge in [0.05, 0.1) is 5.56 Å². The second kappa shape index (κ2) is 10.1. The molecule has 9 heteroatoms. The number of amides is 1. The van der Waals surface area contributed by atoms with E-state index in [2.05, 4.69) is 21.8 Å². The molecule has 2 atom stereocenters. The van der Waals surface area contributed by atoms with Crippen LogP contribution in [0, 0.1) is 29.0 Å². The van der Waals surface area contributed by atoms with E-state index in [1.54, 1.807) is 39.2 Å². The highest BCUT2D eigenvalue weighted by molar-refractivity contribution is 8.15. The topological polar surface area (TPSA) is 95.4 Å². The highest BCUT2D eigenvalue weighted by Crippen LogP contribution is 2.47. The fraction of sp³-hybridized carbons (Fsp3) is 0.280. The fourth-order valence-electron chi connectivity index (χ4n) is 3.55. The van der Waals surface area contributed by atoms with Crippen molar-refractivity contribution < 1.29 is 13.6 Å². The maximum Gasteiger partial charge on any atom is 0.245 e. The number of benzene rings is 1. The van der Waals surface area contributed by atoms with E-state index >= 15 is 0 Å². The molecule has 0 saturated heterocycles. The summed E-state index contributed by atoms with van der Waals surface area (Å²) in [5.41, 5.74) is 5.81. The Morgan fingerprint density at radius 2 is 2.03 bits per heavy atom. The van der Waals surface area contributed by atoms with Gasteiger partial charge in [-0.2, -0.15) is 5.26 Å². The number of alkyl halides is 1. The molecule has 0 fully saturated rings. The zero-order chi connectivity index (χ0) is 24.9. The summed E-state index contributed by atoms with van der Waals surface area (Å²) in [7, 11) is 3.25. The first-order valence-corrected chi connectivity index (χ1v) is 11.1. The number of carbonyl (C=O) groups is 1. The minimum Gasteiger partial charge on any atom is -0.378 e. The molecule has 3 rings (SSSR count). The van der Waals surface area contributed by atoms with Crippen molar-refractivity contribution in [2.24, 2.45) is 10.7 Å². The second-order valence-corrected chi connectivity index (χ2v) is 9.82. The standard InChI is InChI=1S/C25H23F2N5OS/c1-24(11-10-22(33)32(2)3)15-25(16-26,31-23(29)34-24)20-12-17(6-9-21(20)27)4-7-19-8-5-18(13-28)14-30-19/h5-6,8-12,14H,15-16H2,1-3H3,(H2,29,31)/b11-10+/t24-,25+/m0/s1. The molecule has 1 amide bonds. The summed E-state index contributed by atoms with van der Waals surface area (Å²) in [6.45, 7) is 0.825. The summed E-state index contributed by atoms with van der Waals surface area (Å²) in [4.78, 5) is 21.9. The summed E-state index contributed by atoms with van der Waals surface area (Å²) in [6, 6.07) is 9.36. The molecule has 0 saturated carbocycles. The SMILES string of the molecule is CN(C)C(=O)/C=C/[C@@]1(C)C[C@@](CF)(c2cc(C#Cc3ccc(C#N)cn3)ccc2F)N=C(N)S1. The van der Waals surface area contributed by atoms with Gasteiger partial charge in [-0.3, -0.25) is 4.79 Å². The Labute approximate surface area is 201 Å². The number of nitrogens with two attached hydrogens (primary N) is 1.